The van der Waals surface area contributed by atoms with Crippen LogP contribution in [-0.2, 0) is 4.74 Å². The number of halogens is 1. The van der Waals surface area contributed by atoms with Crippen molar-refractivity contribution in [2.75, 3.05) is 51.0 Å². The number of nitrogen functional groups attached to an aromatic ring is 1. The Morgan fingerprint density at radius 2 is 1.83 bits per heavy atom. The highest BCUT2D eigenvalue weighted by atomic mass is 19.1. The molecule has 0 bridgehead atoms. The van der Waals surface area contributed by atoms with E-state index in [9.17, 15) is 4.79 Å². The minimum atomic E-state index is -0.615. The first-order valence-corrected chi connectivity index (χ1v) is 14.9. The summed E-state index contributed by atoms with van der Waals surface area (Å²) in [6.45, 7) is 11.1. The predicted octanol–water partition coefficient (Wildman–Crippen LogP) is 4.84. The molecule has 2 aliphatic heterocycles. The van der Waals surface area contributed by atoms with Gasteiger partial charge in [-0.1, -0.05) is 12.8 Å². The molecule has 3 fully saturated rings. The lowest BCUT2D eigenvalue weighted by Gasteiger charge is -2.40. The third-order valence-corrected chi connectivity index (χ3v) is 8.93. The number of carbonyl (C=O) groups is 1. The molecule has 11 heteroatoms. The summed E-state index contributed by atoms with van der Waals surface area (Å²) in [5, 5.41) is 0.392. The van der Waals surface area contributed by atoms with Crippen molar-refractivity contribution in [2.45, 2.75) is 89.9 Å². The van der Waals surface area contributed by atoms with Gasteiger partial charge in [-0.15, -0.1) is 0 Å². The third kappa shape index (κ3) is 5.96. The summed E-state index contributed by atoms with van der Waals surface area (Å²) in [7, 11) is 2.84. The molecule has 1 saturated carbocycles. The van der Waals surface area contributed by atoms with Crippen molar-refractivity contribution in [1.29, 1.82) is 0 Å². The number of nitrogens with zero attached hydrogens (tertiary/aromatic N) is 5. The molecule has 41 heavy (non-hydrogen) atoms. The van der Waals surface area contributed by atoms with Gasteiger partial charge in [-0.05, 0) is 65.4 Å². The number of hydrogen-bond acceptors (Lipinski definition) is 9. The average Bonchev–Trinajstić information content (AvgIpc) is 3.30. The van der Waals surface area contributed by atoms with Crippen molar-refractivity contribution >= 4 is 28.8 Å². The number of fused-ring (bicyclic) bond motifs is 2. The zero-order chi connectivity index (χ0) is 29.5. The molecule has 0 radical (unpaired) electrons. The second-order valence-electron chi connectivity index (χ2n) is 12.7. The molecule has 2 aromatic rings. The van der Waals surface area contributed by atoms with Gasteiger partial charge in [0.2, 0.25) is 5.95 Å². The summed E-state index contributed by atoms with van der Waals surface area (Å²) in [6.07, 6.45) is 6.50. The fourth-order valence-electron chi connectivity index (χ4n) is 6.96. The molecular weight excluding hydrogens is 527 g/mol. The van der Waals surface area contributed by atoms with Crippen LogP contribution in [0, 0.1) is 11.7 Å². The minimum absolute atomic E-state index is 0.00475. The van der Waals surface area contributed by atoms with Crippen molar-refractivity contribution in [3.63, 3.8) is 0 Å². The average molecular weight is 573 g/mol. The van der Waals surface area contributed by atoms with E-state index in [1.54, 1.807) is 6.07 Å². The number of methoxy groups -OCH3 is 2. The van der Waals surface area contributed by atoms with Gasteiger partial charge in [-0.2, -0.15) is 4.98 Å². The number of carbonyl (C=O) groups excluding carboxylic acids is 1. The summed E-state index contributed by atoms with van der Waals surface area (Å²) < 4.78 is 31.6. The number of aromatic nitrogens is 2. The second-order valence-corrected chi connectivity index (χ2v) is 12.7. The van der Waals surface area contributed by atoms with Crippen molar-refractivity contribution in [1.82, 2.24) is 19.8 Å². The van der Waals surface area contributed by atoms with Gasteiger partial charge in [-0.3, -0.25) is 4.90 Å². The van der Waals surface area contributed by atoms with Crippen LogP contribution in [0.5, 0.6) is 11.5 Å². The number of nitrogens with two attached hydrogens (primary N) is 1. The molecule has 3 heterocycles. The summed E-state index contributed by atoms with van der Waals surface area (Å²) in [6, 6.07) is 2.38. The standard InChI is InChI=1S/C30H45FN6O4/c1-18(15-20-16-19-9-7-8-10-22(19)37(20)29(38)41-30(2,3)4)35-11-13-36(14-12-35)28-33-25-21(27(32)34-28)17-23(39-5)26(40-6)24(25)31/h17-20,22H,7-16H2,1-6H3,(H2,32,33,34)/t18?,19-,20+,22-/m0/s1. The van der Waals surface area contributed by atoms with E-state index >= 15 is 4.39 Å². The first kappa shape index (κ1) is 29.4. The normalized spacial score (nSPS) is 24.3. The van der Waals surface area contributed by atoms with Gasteiger partial charge in [0.15, 0.2) is 17.3 Å². The number of hydrogen-bond donors (Lipinski definition) is 1. The lowest BCUT2D eigenvalue weighted by atomic mass is 9.84. The second kappa shape index (κ2) is 11.7. The van der Waals surface area contributed by atoms with Crippen LogP contribution in [0.25, 0.3) is 10.9 Å². The Hall–Kier alpha value is -3.08. The molecule has 1 aromatic carbocycles. The molecule has 226 valence electrons. The zero-order valence-corrected chi connectivity index (χ0v) is 25.3. The Kier molecular flexibility index (Phi) is 8.36. The van der Waals surface area contributed by atoms with Crippen LogP contribution in [-0.4, -0.2) is 90.0 Å². The summed E-state index contributed by atoms with van der Waals surface area (Å²) in [5.41, 5.74) is 5.85. The van der Waals surface area contributed by atoms with Gasteiger partial charge < -0.3 is 29.7 Å². The van der Waals surface area contributed by atoms with E-state index in [-0.39, 0.29) is 35.0 Å². The van der Waals surface area contributed by atoms with Crippen LogP contribution in [0.3, 0.4) is 0 Å². The molecule has 1 aromatic heterocycles. The summed E-state index contributed by atoms with van der Waals surface area (Å²) in [4.78, 5) is 29.0. The number of likely N-dealkylation sites (tertiary alicyclic amines) is 1. The topological polar surface area (TPSA) is 106 Å². The van der Waals surface area contributed by atoms with E-state index < -0.39 is 11.4 Å². The number of anilines is 2. The lowest BCUT2D eigenvalue weighted by molar-refractivity contribution is 0.00735. The Balaban J connectivity index is 1.26. The number of ether oxygens (including phenoxy) is 3. The van der Waals surface area contributed by atoms with E-state index in [0.717, 1.165) is 32.4 Å². The molecule has 2 saturated heterocycles. The van der Waals surface area contributed by atoms with Crippen molar-refractivity contribution in [3.05, 3.63) is 11.9 Å². The van der Waals surface area contributed by atoms with E-state index in [2.05, 4.69) is 26.7 Å². The van der Waals surface area contributed by atoms with Gasteiger partial charge in [0.25, 0.3) is 0 Å². The van der Waals surface area contributed by atoms with Crippen LogP contribution in [0.2, 0.25) is 0 Å². The fraction of sp³-hybridized carbons (Fsp3) is 0.700. The van der Waals surface area contributed by atoms with Crippen LogP contribution < -0.4 is 20.1 Å². The van der Waals surface area contributed by atoms with E-state index in [1.807, 2.05) is 25.7 Å². The maximum Gasteiger partial charge on any atom is 0.410 e. The summed E-state index contributed by atoms with van der Waals surface area (Å²) >= 11 is 0. The van der Waals surface area contributed by atoms with Gasteiger partial charge in [0, 0.05) is 49.7 Å². The highest BCUT2D eigenvalue weighted by Gasteiger charge is 2.46. The van der Waals surface area contributed by atoms with Crippen molar-refractivity contribution < 1.29 is 23.4 Å². The third-order valence-electron chi connectivity index (χ3n) is 8.93. The largest absolute Gasteiger partial charge is 0.493 e. The molecule has 1 unspecified atom stereocenters. The Bertz CT molecular complexity index is 1260. The minimum Gasteiger partial charge on any atom is -0.493 e. The van der Waals surface area contributed by atoms with Gasteiger partial charge >= 0.3 is 6.09 Å². The van der Waals surface area contributed by atoms with Crippen LogP contribution >= 0.6 is 0 Å². The number of amides is 1. The molecule has 3 aliphatic rings. The number of piperazine rings is 1. The number of rotatable bonds is 6. The highest BCUT2D eigenvalue weighted by Crippen LogP contribution is 2.42. The smallest absolute Gasteiger partial charge is 0.410 e. The molecule has 0 spiro atoms. The Labute approximate surface area is 242 Å². The van der Waals surface area contributed by atoms with Crippen LogP contribution in [0.15, 0.2) is 6.07 Å². The monoisotopic (exact) mass is 572 g/mol. The Morgan fingerprint density at radius 3 is 2.49 bits per heavy atom. The van der Waals surface area contributed by atoms with E-state index in [4.69, 9.17) is 19.9 Å². The first-order chi connectivity index (χ1) is 19.5. The van der Waals surface area contributed by atoms with E-state index in [0.29, 0.717) is 42.4 Å². The van der Waals surface area contributed by atoms with Crippen LogP contribution in [0.4, 0.5) is 21.0 Å². The molecule has 5 rings (SSSR count). The van der Waals surface area contributed by atoms with Crippen molar-refractivity contribution in [3.8, 4) is 11.5 Å². The Morgan fingerprint density at radius 1 is 1.12 bits per heavy atom. The molecule has 2 N–H and O–H groups in total. The lowest BCUT2D eigenvalue weighted by Crippen LogP contribution is -2.52. The van der Waals surface area contributed by atoms with Gasteiger partial charge in [-0.25, -0.2) is 14.2 Å². The van der Waals surface area contributed by atoms with Gasteiger partial charge in [0.1, 0.15) is 16.9 Å². The zero-order valence-electron chi connectivity index (χ0n) is 25.3. The maximum atomic E-state index is 15.3. The van der Waals surface area contributed by atoms with Crippen molar-refractivity contribution in [2.24, 2.45) is 5.92 Å². The molecular formula is C30H45FN6O4. The van der Waals surface area contributed by atoms with E-state index in [1.165, 1.54) is 33.5 Å². The quantitative estimate of drug-likeness (QED) is 0.521. The molecule has 1 aliphatic carbocycles. The summed E-state index contributed by atoms with van der Waals surface area (Å²) in [5.74, 6) is 0.802. The SMILES string of the molecule is COc1cc2c(N)nc(N3CCN(C(C)C[C@@H]4C[C@@H]5CCCC[C@@H]5N4C(=O)OC(C)(C)C)CC3)nc2c(F)c1OC. The fourth-order valence-corrected chi connectivity index (χ4v) is 6.96. The van der Waals surface area contributed by atoms with Gasteiger partial charge in [0.05, 0.1) is 14.2 Å². The predicted molar refractivity (Wildman–Crippen MR) is 157 cm³/mol. The highest BCUT2D eigenvalue weighted by molar-refractivity contribution is 5.92. The number of benzene rings is 1. The van der Waals surface area contributed by atoms with Crippen LogP contribution in [0.1, 0.15) is 66.2 Å². The first-order valence-electron chi connectivity index (χ1n) is 14.9. The molecule has 1 amide bonds. The molecule has 4 atom stereocenters. The molecule has 10 nitrogen and oxygen atoms in total. The maximum absolute atomic E-state index is 15.3.